The Morgan fingerprint density at radius 2 is 1.78 bits per heavy atom. The Morgan fingerprint density at radius 1 is 1.09 bits per heavy atom. The van der Waals surface area contributed by atoms with Gasteiger partial charge < -0.3 is 9.67 Å². The smallest absolute Gasteiger partial charge is 0.323 e. The Balaban J connectivity index is 2.07. The van der Waals surface area contributed by atoms with Crippen molar-refractivity contribution in [1.29, 1.82) is 0 Å². The van der Waals surface area contributed by atoms with Crippen LogP contribution in [0.5, 0.6) is 0 Å². The molecule has 0 amide bonds. The van der Waals surface area contributed by atoms with E-state index in [4.69, 9.17) is 0 Å². The number of rotatable bonds is 3. The molecule has 2 aromatic carbocycles. The molecule has 0 saturated heterocycles. The van der Waals surface area contributed by atoms with Crippen molar-refractivity contribution in [1.82, 2.24) is 4.57 Å². The highest BCUT2D eigenvalue weighted by Gasteiger charge is 2.18. The molecule has 2 aromatic heterocycles. The largest absolute Gasteiger partial charge is 0.480 e. The van der Waals surface area contributed by atoms with Crippen LogP contribution in [0.3, 0.4) is 0 Å². The molecule has 114 valence electrons. The topological polar surface area (TPSA) is 42.2 Å². The van der Waals surface area contributed by atoms with Gasteiger partial charge in [-0.15, -0.1) is 11.3 Å². The van der Waals surface area contributed by atoms with Crippen molar-refractivity contribution in [3.8, 4) is 11.1 Å². The molecule has 0 aliphatic heterocycles. The normalized spacial score (nSPS) is 11.3. The second-order valence-corrected chi connectivity index (χ2v) is 6.51. The van der Waals surface area contributed by atoms with Gasteiger partial charge in [-0.3, -0.25) is 4.79 Å². The van der Waals surface area contributed by atoms with E-state index in [9.17, 15) is 9.90 Å². The van der Waals surface area contributed by atoms with Crippen molar-refractivity contribution < 1.29 is 9.90 Å². The zero-order chi connectivity index (χ0) is 16.0. The van der Waals surface area contributed by atoms with Gasteiger partial charge in [-0.2, -0.15) is 0 Å². The molecule has 0 fully saturated rings. The lowest BCUT2D eigenvalue weighted by atomic mass is 10.0. The number of aromatic nitrogens is 1. The fourth-order valence-corrected chi connectivity index (χ4v) is 4.23. The average molecular weight is 321 g/mol. The summed E-state index contributed by atoms with van der Waals surface area (Å²) < 4.78 is 3.14. The van der Waals surface area contributed by atoms with Gasteiger partial charge in [-0.1, -0.05) is 36.4 Å². The van der Waals surface area contributed by atoms with Crippen LogP contribution in [0, 0.1) is 6.92 Å². The molecule has 0 unspecified atom stereocenters. The van der Waals surface area contributed by atoms with E-state index >= 15 is 0 Å². The Kier molecular flexibility index (Phi) is 3.20. The van der Waals surface area contributed by atoms with Crippen molar-refractivity contribution in [3.63, 3.8) is 0 Å². The molecule has 0 aliphatic rings. The second-order valence-electron chi connectivity index (χ2n) is 5.60. The molecule has 0 spiro atoms. The van der Waals surface area contributed by atoms with Crippen LogP contribution in [0.15, 0.2) is 53.9 Å². The van der Waals surface area contributed by atoms with Gasteiger partial charge in [0.05, 0.1) is 0 Å². The van der Waals surface area contributed by atoms with Gasteiger partial charge >= 0.3 is 5.97 Å². The first-order valence-electron chi connectivity index (χ1n) is 7.43. The van der Waals surface area contributed by atoms with E-state index in [1.807, 2.05) is 41.8 Å². The third-order valence-corrected chi connectivity index (χ3v) is 5.24. The van der Waals surface area contributed by atoms with Crippen LogP contribution < -0.4 is 0 Å². The number of carbonyl (C=O) groups is 1. The van der Waals surface area contributed by atoms with Crippen molar-refractivity contribution in [2.45, 2.75) is 13.5 Å². The van der Waals surface area contributed by atoms with Gasteiger partial charge in [-0.05, 0) is 24.4 Å². The van der Waals surface area contributed by atoms with Crippen LogP contribution in [0.2, 0.25) is 0 Å². The Bertz CT molecular complexity index is 1040. The molecular weight excluding hydrogens is 306 g/mol. The van der Waals surface area contributed by atoms with Crippen LogP contribution in [-0.4, -0.2) is 15.6 Å². The summed E-state index contributed by atoms with van der Waals surface area (Å²) in [6, 6.07) is 16.4. The quantitative estimate of drug-likeness (QED) is 0.582. The minimum absolute atomic E-state index is 0.0194. The Labute approximate surface area is 137 Å². The van der Waals surface area contributed by atoms with Crippen molar-refractivity contribution in [2.24, 2.45) is 0 Å². The summed E-state index contributed by atoms with van der Waals surface area (Å²) in [4.78, 5) is 11.3. The highest BCUT2D eigenvalue weighted by atomic mass is 32.1. The van der Waals surface area contributed by atoms with Crippen molar-refractivity contribution >= 4 is 38.3 Å². The number of aliphatic carboxylic acids is 1. The van der Waals surface area contributed by atoms with Crippen LogP contribution in [0.4, 0.5) is 0 Å². The first-order valence-corrected chi connectivity index (χ1v) is 8.31. The maximum absolute atomic E-state index is 11.3. The third kappa shape index (κ3) is 2.14. The molecule has 4 heteroatoms. The third-order valence-electron chi connectivity index (χ3n) is 4.27. The number of hydrogen-bond donors (Lipinski definition) is 1. The van der Waals surface area contributed by atoms with Crippen LogP contribution in [0.25, 0.3) is 32.1 Å². The van der Waals surface area contributed by atoms with Gasteiger partial charge in [0.1, 0.15) is 6.54 Å². The molecule has 1 N–H and O–H groups in total. The zero-order valence-electron chi connectivity index (χ0n) is 12.6. The van der Waals surface area contributed by atoms with E-state index in [2.05, 4.69) is 23.6 Å². The lowest BCUT2D eigenvalue weighted by Gasteiger charge is -2.05. The fraction of sp³-hybridized carbons (Fsp3) is 0.105. The molecule has 0 radical (unpaired) electrons. The predicted molar refractivity (Wildman–Crippen MR) is 95.1 cm³/mol. The van der Waals surface area contributed by atoms with Crippen LogP contribution in [-0.2, 0) is 11.3 Å². The number of para-hydroxylation sites is 1. The molecule has 0 aliphatic carbocycles. The van der Waals surface area contributed by atoms with Gasteiger partial charge in [0.15, 0.2) is 0 Å². The van der Waals surface area contributed by atoms with E-state index in [-0.39, 0.29) is 6.54 Å². The number of carboxylic acid groups (broad SMARTS) is 1. The summed E-state index contributed by atoms with van der Waals surface area (Å²) in [7, 11) is 0. The van der Waals surface area contributed by atoms with E-state index in [1.54, 1.807) is 11.3 Å². The number of thiophene rings is 1. The van der Waals surface area contributed by atoms with Gasteiger partial charge in [-0.25, -0.2) is 0 Å². The summed E-state index contributed by atoms with van der Waals surface area (Å²) in [5, 5.41) is 13.7. The summed E-state index contributed by atoms with van der Waals surface area (Å²) in [5.41, 5.74) is 4.29. The lowest BCUT2D eigenvalue weighted by Crippen LogP contribution is -2.09. The average Bonchev–Trinajstić information content (AvgIpc) is 3.07. The maximum atomic E-state index is 11.3. The number of nitrogens with zero attached hydrogens (tertiary/aromatic N) is 1. The number of hydrogen-bond acceptors (Lipinski definition) is 2. The monoisotopic (exact) mass is 321 g/mol. The van der Waals surface area contributed by atoms with Crippen molar-refractivity contribution in [3.05, 3.63) is 59.6 Å². The summed E-state index contributed by atoms with van der Waals surface area (Å²) in [6.45, 7) is 1.99. The molecule has 23 heavy (non-hydrogen) atoms. The minimum atomic E-state index is -0.824. The zero-order valence-corrected chi connectivity index (χ0v) is 13.4. The lowest BCUT2D eigenvalue weighted by molar-refractivity contribution is -0.137. The molecular formula is C19H15NO2S. The molecule has 0 bridgehead atoms. The van der Waals surface area contributed by atoms with Gasteiger partial charge in [0.25, 0.3) is 0 Å². The van der Waals surface area contributed by atoms with Gasteiger partial charge in [0, 0.05) is 37.8 Å². The second kappa shape index (κ2) is 5.25. The molecule has 4 rings (SSSR count). The van der Waals surface area contributed by atoms with E-state index in [0.717, 1.165) is 22.2 Å². The molecule has 3 nitrogen and oxygen atoms in total. The van der Waals surface area contributed by atoms with E-state index < -0.39 is 5.97 Å². The summed E-state index contributed by atoms with van der Waals surface area (Å²) in [5.74, 6) is -0.824. The van der Waals surface area contributed by atoms with Crippen molar-refractivity contribution in [2.75, 3.05) is 0 Å². The van der Waals surface area contributed by atoms with Crippen LogP contribution in [0.1, 0.15) is 5.69 Å². The van der Waals surface area contributed by atoms with Crippen LogP contribution >= 0.6 is 11.3 Å². The Hall–Kier alpha value is -2.59. The molecule has 4 aromatic rings. The maximum Gasteiger partial charge on any atom is 0.323 e. The predicted octanol–water partition coefficient (Wildman–Crippen LogP) is 4.92. The number of benzene rings is 2. The summed E-state index contributed by atoms with van der Waals surface area (Å²) in [6.07, 6.45) is 0. The number of fused-ring (bicyclic) bond motifs is 2. The standard InChI is InChI=1S/C19H15NO2S/c1-12-19(15-11-23-17-9-5-3-6-13(15)17)14-7-2-4-8-16(14)20(12)10-18(21)22/h2-9,11H,10H2,1H3,(H,21,22). The molecule has 0 atom stereocenters. The molecule has 0 saturated carbocycles. The summed E-state index contributed by atoms with van der Waals surface area (Å²) >= 11 is 1.72. The fourth-order valence-electron chi connectivity index (χ4n) is 3.28. The SMILES string of the molecule is Cc1c(-c2csc3ccccc23)c2ccccc2n1CC(=O)O. The first-order chi connectivity index (χ1) is 11.2. The number of carboxylic acids is 1. The van der Waals surface area contributed by atoms with Gasteiger partial charge in [0.2, 0.25) is 0 Å². The van der Waals surface area contributed by atoms with E-state index in [1.165, 1.54) is 15.6 Å². The molecule has 2 heterocycles. The highest BCUT2D eigenvalue weighted by Crippen LogP contribution is 2.40. The Morgan fingerprint density at radius 3 is 2.57 bits per heavy atom. The minimum Gasteiger partial charge on any atom is -0.480 e. The highest BCUT2D eigenvalue weighted by molar-refractivity contribution is 7.17. The van der Waals surface area contributed by atoms with E-state index in [0.29, 0.717) is 0 Å². The first kappa shape index (κ1) is 14.0.